The van der Waals surface area contributed by atoms with Crippen molar-refractivity contribution < 1.29 is 9.90 Å². The summed E-state index contributed by atoms with van der Waals surface area (Å²) in [5.74, 6) is 0.0132. The van der Waals surface area contributed by atoms with Crippen LogP contribution in [0.5, 0.6) is 0 Å². The van der Waals surface area contributed by atoms with Gasteiger partial charge < -0.3 is 15.7 Å². The lowest BCUT2D eigenvalue weighted by Gasteiger charge is -2.21. The normalized spacial score (nSPS) is 14.9. The standard InChI is InChI=1S/C12H26N2O2/c1-5-12(4,16)9-14-11(15)7-6-8-13-10(2)3/h10,13,16H,5-9H2,1-4H3,(H,14,15). The largest absolute Gasteiger partial charge is 0.388 e. The molecule has 0 rings (SSSR count). The van der Waals surface area contributed by atoms with Gasteiger partial charge in [0.25, 0.3) is 0 Å². The predicted octanol–water partition coefficient (Wildman–Crippen LogP) is 1.04. The third kappa shape index (κ3) is 8.68. The average molecular weight is 230 g/mol. The first-order valence-corrected chi connectivity index (χ1v) is 6.10. The van der Waals surface area contributed by atoms with Gasteiger partial charge in [0.15, 0.2) is 0 Å². The third-order valence-electron chi connectivity index (χ3n) is 2.56. The van der Waals surface area contributed by atoms with Crippen LogP contribution in [-0.4, -0.2) is 35.7 Å². The molecule has 0 aromatic carbocycles. The van der Waals surface area contributed by atoms with Gasteiger partial charge in [-0.1, -0.05) is 20.8 Å². The zero-order valence-electron chi connectivity index (χ0n) is 11.0. The molecule has 1 atom stereocenters. The van der Waals surface area contributed by atoms with E-state index in [4.69, 9.17) is 0 Å². The zero-order chi connectivity index (χ0) is 12.6. The maximum atomic E-state index is 11.4. The summed E-state index contributed by atoms with van der Waals surface area (Å²) in [7, 11) is 0. The van der Waals surface area contributed by atoms with Crippen LogP contribution in [-0.2, 0) is 4.79 Å². The molecule has 0 saturated carbocycles. The number of hydrogen-bond acceptors (Lipinski definition) is 3. The van der Waals surface area contributed by atoms with E-state index in [1.807, 2.05) is 6.92 Å². The highest BCUT2D eigenvalue weighted by atomic mass is 16.3. The smallest absolute Gasteiger partial charge is 0.220 e. The minimum Gasteiger partial charge on any atom is -0.388 e. The SMILES string of the molecule is CCC(C)(O)CNC(=O)CCCNC(C)C. The van der Waals surface area contributed by atoms with Gasteiger partial charge in [-0.3, -0.25) is 4.79 Å². The highest BCUT2D eigenvalue weighted by Crippen LogP contribution is 2.05. The number of carbonyl (C=O) groups is 1. The van der Waals surface area contributed by atoms with E-state index in [0.29, 0.717) is 25.4 Å². The third-order valence-corrected chi connectivity index (χ3v) is 2.56. The highest BCUT2D eigenvalue weighted by Gasteiger charge is 2.17. The van der Waals surface area contributed by atoms with Gasteiger partial charge in [0, 0.05) is 19.0 Å². The summed E-state index contributed by atoms with van der Waals surface area (Å²) < 4.78 is 0. The molecule has 0 fully saturated rings. The van der Waals surface area contributed by atoms with Crippen LogP contribution in [0.25, 0.3) is 0 Å². The fourth-order valence-corrected chi connectivity index (χ4v) is 1.14. The Labute approximate surface area is 98.8 Å². The van der Waals surface area contributed by atoms with E-state index in [0.717, 1.165) is 13.0 Å². The number of aliphatic hydroxyl groups is 1. The molecule has 1 amide bonds. The van der Waals surface area contributed by atoms with E-state index in [9.17, 15) is 9.90 Å². The number of rotatable bonds is 8. The molecular formula is C12H26N2O2. The Hall–Kier alpha value is -0.610. The van der Waals surface area contributed by atoms with Gasteiger partial charge in [-0.2, -0.15) is 0 Å². The summed E-state index contributed by atoms with van der Waals surface area (Å²) in [5, 5.41) is 15.7. The molecule has 0 saturated heterocycles. The first-order chi connectivity index (χ1) is 7.37. The van der Waals surface area contributed by atoms with Crippen molar-refractivity contribution in [3.05, 3.63) is 0 Å². The van der Waals surface area contributed by atoms with Crippen LogP contribution >= 0.6 is 0 Å². The zero-order valence-corrected chi connectivity index (χ0v) is 11.0. The van der Waals surface area contributed by atoms with E-state index < -0.39 is 5.60 Å². The fourth-order valence-electron chi connectivity index (χ4n) is 1.14. The molecule has 0 spiro atoms. The Morgan fingerprint density at radius 3 is 2.56 bits per heavy atom. The quantitative estimate of drug-likeness (QED) is 0.546. The van der Waals surface area contributed by atoms with Crippen molar-refractivity contribution in [3.63, 3.8) is 0 Å². The van der Waals surface area contributed by atoms with Crippen molar-refractivity contribution in [2.45, 2.75) is 58.6 Å². The Morgan fingerprint density at radius 1 is 1.44 bits per heavy atom. The van der Waals surface area contributed by atoms with E-state index in [1.165, 1.54) is 0 Å². The topological polar surface area (TPSA) is 61.4 Å². The Kier molecular flexibility index (Phi) is 7.34. The van der Waals surface area contributed by atoms with E-state index in [2.05, 4.69) is 24.5 Å². The van der Waals surface area contributed by atoms with Crippen molar-refractivity contribution >= 4 is 5.91 Å². The van der Waals surface area contributed by atoms with Gasteiger partial charge in [0.1, 0.15) is 0 Å². The van der Waals surface area contributed by atoms with Crippen molar-refractivity contribution in [1.82, 2.24) is 10.6 Å². The van der Waals surface area contributed by atoms with E-state index in [1.54, 1.807) is 6.92 Å². The van der Waals surface area contributed by atoms with Crippen molar-refractivity contribution in [1.29, 1.82) is 0 Å². The van der Waals surface area contributed by atoms with Gasteiger partial charge in [0.2, 0.25) is 5.91 Å². The minimum atomic E-state index is -0.786. The molecule has 0 aromatic rings. The molecule has 0 aliphatic carbocycles. The Bertz CT molecular complexity index is 203. The Balaban J connectivity index is 3.52. The number of hydrogen-bond donors (Lipinski definition) is 3. The van der Waals surface area contributed by atoms with Gasteiger partial charge in [-0.05, 0) is 26.3 Å². The molecule has 1 unspecified atom stereocenters. The number of amides is 1. The first-order valence-electron chi connectivity index (χ1n) is 6.10. The van der Waals surface area contributed by atoms with Gasteiger partial charge in [0.05, 0.1) is 5.60 Å². The molecule has 0 bridgehead atoms. The fraction of sp³-hybridized carbons (Fsp3) is 0.917. The first kappa shape index (κ1) is 15.4. The van der Waals surface area contributed by atoms with E-state index in [-0.39, 0.29) is 5.91 Å². The summed E-state index contributed by atoms with van der Waals surface area (Å²) in [6.45, 7) is 8.98. The van der Waals surface area contributed by atoms with Crippen LogP contribution in [0.2, 0.25) is 0 Å². The van der Waals surface area contributed by atoms with Crippen LogP contribution < -0.4 is 10.6 Å². The molecule has 3 N–H and O–H groups in total. The number of nitrogens with one attached hydrogen (secondary N) is 2. The van der Waals surface area contributed by atoms with Crippen molar-refractivity contribution in [2.24, 2.45) is 0 Å². The molecule has 4 nitrogen and oxygen atoms in total. The monoisotopic (exact) mass is 230 g/mol. The second-order valence-electron chi connectivity index (χ2n) is 4.84. The minimum absolute atomic E-state index is 0.0132. The van der Waals surface area contributed by atoms with Gasteiger partial charge in [-0.25, -0.2) is 0 Å². The van der Waals surface area contributed by atoms with E-state index >= 15 is 0 Å². The maximum Gasteiger partial charge on any atom is 0.220 e. The second-order valence-corrected chi connectivity index (χ2v) is 4.84. The predicted molar refractivity (Wildman–Crippen MR) is 66.3 cm³/mol. The van der Waals surface area contributed by atoms with Crippen molar-refractivity contribution in [3.8, 4) is 0 Å². The lowest BCUT2D eigenvalue weighted by Crippen LogP contribution is -2.40. The summed E-state index contributed by atoms with van der Waals surface area (Å²) in [5.41, 5.74) is -0.786. The summed E-state index contributed by atoms with van der Waals surface area (Å²) >= 11 is 0. The van der Waals surface area contributed by atoms with Crippen molar-refractivity contribution in [2.75, 3.05) is 13.1 Å². The molecule has 0 heterocycles. The van der Waals surface area contributed by atoms with Gasteiger partial charge in [-0.15, -0.1) is 0 Å². The lowest BCUT2D eigenvalue weighted by atomic mass is 10.0. The Morgan fingerprint density at radius 2 is 2.06 bits per heavy atom. The molecule has 0 aliphatic rings. The number of carbonyl (C=O) groups excluding carboxylic acids is 1. The molecule has 96 valence electrons. The summed E-state index contributed by atoms with van der Waals surface area (Å²) in [6.07, 6.45) is 1.99. The van der Waals surface area contributed by atoms with Crippen LogP contribution in [0.15, 0.2) is 0 Å². The molecule has 0 aliphatic heterocycles. The lowest BCUT2D eigenvalue weighted by molar-refractivity contribution is -0.122. The van der Waals surface area contributed by atoms with Gasteiger partial charge >= 0.3 is 0 Å². The highest BCUT2D eigenvalue weighted by molar-refractivity contribution is 5.75. The van der Waals surface area contributed by atoms with Crippen LogP contribution in [0.1, 0.15) is 47.0 Å². The second kappa shape index (κ2) is 7.63. The average Bonchev–Trinajstić information content (AvgIpc) is 2.21. The molecule has 0 radical (unpaired) electrons. The molecule has 0 aromatic heterocycles. The van der Waals surface area contributed by atoms with Crippen LogP contribution in [0.4, 0.5) is 0 Å². The summed E-state index contributed by atoms with van der Waals surface area (Å²) in [6, 6.07) is 0.462. The van der Waals surface area contributed by atoms with Crippen LogP contribution in [0.3, 0.4) is 0 Å². The maximum absolute atomic E-state index is 11.4. The molecule has 4 heteroatoms. The molecular weight excluding hydrogens is 204 g/mol. The molecule has 16 heavy (non-hydrogen) atoms. The van der Waals surface area contributed by atoms with Crippen LogP contribution in [0, 0.1) is 0 Å². The summed E-state index contributed by atoms with van der Waals surface area (Å²) in [4.78, 5) is 11.4.